The Kier molecular flexibility index (Phi) is 6.03. The number of amides is 1. The molecule has 22 heavy (non-hydrogen) atoms. The molecule has 1 amide bonds. The normalized spacial score (nSPS) is 10.8. The molecule has 0 spiro atoms. The summed E-state index contributed by atoms with van der Waals surface area (Å²) >= 11 is 1.53. The molecule has 0 atom stereocenters. The van der Waals surface area contributed by atoms with Gasteiger partial charge in [0.05, 0.1) is 12.0 Å². The standard InChI is InChI=1S/C17H18N2O2S/c1-13-6-8-14(9-7-13)11-22-12-17(21)19-18-10-15-4-2-3-5-16(15)20/h2-10,20H,11-12H2,1H3,(H,19,21)/b18-10+. The van der Waals surface area contributed by atoms with E-state index in [2.05, 4.69) is 34.8 Å². The molecule has 0 fully saturated rings. The number of hydrogen-bond acceptors (Lipinski definition) is 4. The van der Waals surface area contributed by atoms with Crippen LogP contribution in [-0.2, 0) is 10.5 Å². The van der Waals surface area contributed by atoms with Crippen molar-refractivity contribution in [3.63, 3.8) is 0 Å². The number of nitrogens with zero attached hydrogens (tertiary/aromatic N) is 1. The summed E-state index contributed by atoms with van der Waals surface area (Å²) in [5.74, 6) is 1.10. The van der Waals surface area contributed by atoms with E-state index in [-0.39, 0.29) is 11.7 Å². The second-order valence-electron chi connectivity index (χ2n) is 4.83. The maximum absolute atomic E-state index is 11.7. The first kappa shape index (κ1) is 16.1. The maximum atomic E-state index is 11.7. The predicted octanol–water partition coefficient (Wildman–Crippen LogP) is 3.08. The molecule has 0 saturated heterocycles. The van der Waals surface area contributed by atoms with Gasteiger partial charge < -0.3 is 5.11 Å². The zero-order valence-electron chi connectivity index (χ0n) is 12.3. The lowest BCUT2D eigenvalue weighted by Crippen LogP contribution is -2.19. The van der Waals surface area contributed by atoms with Crippen LogP contribution < -0.4 is 5.43 Å². The van der Waals surface area contributed by atoms with Crippen molar-refractivity contribution in [2.24, 2.45) is 5.10 Å². The lowest BCUT2D eigenvalue weighted by molar-refractivity contribution is -0.118. The van der Waals surface area contributed by atoms with Crippen molar-refractivity contribution in [2.75, 3.05) is 5.75 Å². The zero-order valence-corrected chi connectivity index (χ0v) is 13.1. The SMILES string of the molecule is Cc1ccc(CSCC(=O)N/N=C/c2ccccc2O)cc1. The van der Waals surface area contributed by atoms with E-state index in [4.69, 9.17) is 0 Å². The highest BCUT2D eigenvalue weighted by Gasteiger charge is 2.01. The smallest absolute Gasteiger partial charge is 0.250 e. The van der Waals surface area contributed by atoms with Crippen molar-refractivity contribution in [3.8, 4) is 5.75 Å². The minimum atomic E-state index is -0.163. The number of para-hydroxylation sites is 1. The molecule has 0 radical (unpaired) electrons. The minimum Gasteiger partial charge on any atom is -0.507 e. The maximum Gasteiger partial charge on any atom is 0.250 e. The number of thioether (sulfide) groups is 1. The number of hydrazone groups is 1. The Morgan fingerprint density at radius 1 is 1.23 bits per heavy atom. The van der Waals surface area contributed by atoms with Crippen molar-refractivity contribution in [1.82, 2.24) is 5.43 Å². The topological polar surface area (TPSA) is 61.7 Å². The number of aryl methyl sites for hydroxylation is 1. The van der Waals surface area contributed by atoms with E-state index >= 15 is 0 Å². The van der Waals surface area contributed by atoms with Crippen LogP contribution >= 0.6 is 11.8 Å². The van der Waals surface area contributed by atoms with Gasteiger partial charge in [-0.25, -0.2) is 5.43 Å². The monoisotopic (exact) mass is 314 g/mol. The first-order chi connectivity index (χ1) is 10.6. The van der Waals surface area contributed by atoms with Gasteiger partial charge in [-0.3, -0.25) is 4.79 Å². The summed E-state index contributed by atoms with van der Waals surface area (Å²) in [4.78, 5) is 11.7. The third-order valence-corrected chi connectivity index (χ3v) is 3.96. The number of phenolic OH excluding ortho intramolecular Hbond substituents is 1. The van der Waals surface area contributed by atoms with Gasteiger partial charge in [0.2, 0.25) is 5.91 Å². The van der Waals surface area contributed by atoms with Crippen LogP contribution in [0.15, 0.2) is 53.6 Å². The van der Waals surface area contributed by atoms with E-state index in [1.165, 1.54) is 29.1 Å². The number of nitrogens with one attached hydrogen (secondary N) is 1. The lowest BCUT2D eigenvalue weighted by Gasteiger charge is -2.02. The molecule has 0 aliphatic heterocycles. The van der Waals surface area contributed by atoms with E-state index < -0.39 is 0 Å². The molecule has 0 aromatic heterocycles. The van der Waals surface area contributed by atoms with E-state index in [0.717, 1.165) is 5.75 Å². The molecule has 0 bridgehead atoms. The van der Waals surface area contributed by atoms with Crippen molar-refractivity contribution in [2.45, 2.75) is 12.7 Å². The molecule has 0 aliphatic carbocycles. The van der Waals surface area contributed by atoms with Gasteiger partial charge in [-0.2, -0.15) is 5.10 Å². The average molecular weight is 314 g/mol. The summed E-state index contributed by atoms with van der Waals surface area (Å²) < 4.78 is 0. The minimum absolute atomic E-state index is 0.134. The number of rotatable bonds is 6. The van der Waals surface area contributed by atoms with Crippen LogP contribution in [0.4, 0.5) is 0 Å². The highest BCUT2D eigenvalue weighted by Crippen LogP contribution is 2.13. The number of carbonyl (C=O) groups is 1. The summed E-state index contributed by atoms with van der Waals surface area (Å²) in [5.41, 5.74) is 5.44. The molecule has 0 saturated carbocycles. The molecule has 0 unspecified atom stereocenters. The molecule has 0 heterocycles. The highest BCUT2D eigenvalue weighted by atomic mass is 32.2. The summed E-state index contributed by atoms with van der Waals surface area (Å²) in [6.45, 7) is 2.05. The molecule has 2 aromatic carbocycles. The first-order valence-corrected chi connectivity index (χ1v) is 8.04. The third kappa shape index (κ3) is 5.26. The van der Waals surface area contributed by atoms with Gasteiger partial charge >= 0.3 is 0 Å². The van der Waals surface area contributed by atoms with Crippen molar-refractivity contribution < 1.29 is 9.90 Å². The van der Waals surface area contributed by atoms with Crippen LogP contribution in [-0.4, -0.2) is 23.0 Å². The van der Waals surface area contributed by atoms with Crippen molar-refractivity contribution in [1.29, 1.82) is 0 Å². The number of benzene rings is 2. The summed E-state index contributed by atoms with van der Waals surface area (Å²) in [7, 11) is 0. The lowest BCUT2D eigenvalue weighted by atomic mass is 10.2. The first-order valence-electron chi connectivity index (χ1n) is 6.88. The molecule has 0 aliphatic rings. The van der Waals surface area contributed by atoms with Crippen LogP contribution in [0.5, 0.6) is 5.75 Å². The van der Waals surface area contributed by atoms with Crippen molar-refractivity contribution in [3.05, 3.63) is 65.2 Å². The van der Waals surface area contributed by atoms with Crippen molar-refractivity contribution >= 4 is 23.9 Å². The second-order valence-corrected chi connectivity index (χ2v) is 5.82. The number of aromatic hydroxyl groups is 1. The summed E-state index contributed by atoms with van der Waals surface area (Å²) in [5, 5.41) is 13.4. The quantitative estimate of drug-likeness (QED) is 0.636. The Morgan fingerprint density at radius 2 is 1.95 bits per heavy atom. The Labute approximate surface area is 134 Å². The van der Waals surface area contributed by atoms with Gasteiger partial charge in [0.1, 0.15) is 5.75 Å². The van der Waals surface area contributed by atoms with E-state index in [1.54, 1.807) is 24.3 Å². The Hall–Kier alpha value is -2.27. The van der Waals surface area contributed by atoms with Crippen LogP contribution in [0.25, 0.3) is 0 Å². The molecule has 5 heteroatoms. The van der Waals surface area contributed by atoms with Gasteiger partial charge in [0.25, 0.3) is 0 Å². The van der Waals surface area contributed by atoms with Crippen LogP contribution in [0.1, 0.15) is 16.7 Å². The van der Waals surface area contributed by atoms with Gasteiger partial charge in [-0.05, 0) is 24.6 Å². The second kappa shape index (κ2) is 8.24. The molecule has 114 valence electrons. The molecule has 2 aromatic rings. The highest BCUT2D eigenvalue weighted by molar-refractivity contribution is 7.99. The average Bonchev–Trinajstić information content (AvgIpc) is 2.51. The zero-order chi connectivity index (χ0) is 15.8. The summed E-state index contributed by atoms with van der Waals surface area (Å²) in [6, 6.07) is 15.1. The van der Waals surface area contributed by atoms with Crippen LogP contribution in [0.3, 0.4) is 0 Å². The fourth-order valence-electron chi connectivity index (χ4n) is 1.75. The Balaban J connectivity index is 1.72. The van der Waals surface area contributed by atoms with E-state index in [1.807, 2.05) is 6.92 Å². The van der Waals surface area contributed by atoms with Gasteiger partial charge in [0.15, 0.2) is 0 Å². The number of phenols is 1. The molecule has 4 nitrogen and oxygen atoms in total. The third-order valence-electron chi connectivity index (χ3n) is 2.95. The predicted molar refractivity (Wildman–Crippen MR) is 91.2 cm³/mol. The Morgan fingerprint density at radius 3 is 2.68 bits per heavy atom. The van der Waals surface area contributed by atoms with E-state index in [0.29, 0.717) is 11.3 Å². The van der Waals surface area contributed by atoms with Gasteiger partial charge in [-0.1, -0.05) is 42.0 Å². The molecule has 2 N–H and O–H groups in total. The summed E-state index contributed by atoms with van der Waals surface area (Å²) in [6.07, 6.45) is 1.43. The Bertz CT molecular complexity index is 654. The van der Waals surface area contributed by atoms with Gasteiger partial charge in [-0.15, -0.1) is 11.8 Å². The van der Waals surface area contributed by atoms with Crippen LogP contribution in [0, 0.1) is 6.92 Å². The largest absolute Gasteiger partial charge is 0.507 e. The fraction of sp³-hybridized carbons (Fsp3) is 0.176. The number of hydrogen-bond donors (Lipinski definition) is 2. The van der Waals surface area contributed by atoms with Gasteiger partial charge in [0, 0.05) is 11.3 Å². The molecular formula is C17H18N2O2S. The van der Waals surface area contributed by atoms with E-state index in [9.17, 15) is 9.90 Å². The molecule has 2 rings (SSSR count). The number of carbonyl (C=O) groups excluding carboxylic acids is 1. The fourth-order valence-corrected chi connectivity index (χ4v) is 2.53. The van der Waals surface area contributed by atoms with Crippen LogP contribution in [0.2, 0.25) is 0 Å². The molecular weight excluding hydrogens is 296 g/mol.